The third-order valence-corrected chi connectivity index (χ3v) is 10.4. The van der Waals surface area contributed by atoms with Crippen LogP contribution in [0.1, 0.15) is 206 Å². The summed E-state index contributed by atoms with van der Waals surface area (Å²) in [5, 5.41) is 18.3. The van der Waals surface area contributed by atoms with E-state index in [1.54, 1.807) is 0 Å². The van der Waals surface area contributed by atoms with E-state index in [0.29, 0.717) is 12.8 Å². The minimum Gasteiger partial charge on any atom is -0.462 e. The summed E-state index contributed by atoms with van der Waals surface area (Å²) >= 11 is 0. The molecule has 0 aliphatic heterocycles. The molecule has 0 aliphatic carbocycles. The van der Waals surface area contributed by atoms with E-state index in [-0.39, 0.29) is 19.4 Å². The number of ether oxygens (including phenoxy) is 2. The van der Waals surface area contributed by atoms with Gasteiger partial charge in [-0.1, -0.05) is 167 Å². The van der Waals surface area contributed by atoms with Crippen LogP contribution in [0.3, 0.4) is 0 Å². The highest BCUT2D eigenvalue weighted by atomic mass is 31.2. The van der Waals surface area contributed by atoms with Crippen molar-refractivity contribution in [3.05, 3.63) is 12.2 Å². The van der Waals surface area contributed by atoms with Gasteiger partial charge in [-0.05, 0) is 38.5 Å². The van der Waals surface area contributed by atoms with Gasteiger partial charge in [0.25, 0.3) is 0 Å². The average Bonchev–Trinajstić information content (AvgIpc) is 3.14. The molecule has 0 heterocycles. The van der Waals surface area contributed by atoms with Crippen molar-refractivity contribution < 1.29 is 47.8 Å². The monoisotopic (exact) mass is 777 g/mol. The maximum absolute atomic E-state index is 12.6. The fourth-order valence-corrected chi connectivity index (χ4v) is 6.84. The second-order valence-electron chi connectivity index (χ2n) is 14.7. The Morgan fingerprint density at radius 3 is 1.38 bits per heavy atom. The Hall–Kier alpha value is -1.29. The molecule has 0 aromatic heterocycles. The van der Waals surface area contributed by atoms with Gasteiger partial charge in [0, 0.05) is 12.8 Å². The summed E-state index contributed by atoms with van der Waals surface area (Å²) < 4.78 is 32.7. The van der Waals surface area contributed by atoms with Gasteiger partial charge in [0.2, 0.25) is 0 Å². The van der Waals surface area contributed by atoms with Gasteiger partial charge in [0.05, 0.1) is 19.8 Å². The number of carbonyl (C=O) groups is 2. The summed E-state index contributed by atoms with van der Waals surface area (Å²) in [5.74, 6) is -0.920. The molecule has 0 saturated heterocycles. The molecular weight excluding hydrogens is 695 g/mol. The predicted octanol–water partition coefficient (Wildman–Crippen LogP) is 11.2. The van der Waals surface area contributed by atoms with Crippen molar-refractivity contribution in [2.24, 2.45) is 0 Å². The highest BCUT2D eigenvalue weighted by molar-refractivity contribution is 7.47. The molecule has 0 rings (SSSR count). The Bertz CT molecular complexity index is 899. The third kappa shape index (κ3) is 38.8. The van der Waals surface area contributed by atoms with Crippen molar-refractivity contribution in [1.29, 1.82) is 0 Å². The molecule has 0 aromatic rings. The van der Waals surface area contributed by atoms with Gasteiger partial charge in [-0.25, -0.2) is 4.57 Å². The summed E-state index contributed by atoms with van der Waals surface area (Å²) in [7, 11) is -4.61. The lowest BCUT2D eigenvalue weighted by molar-refractivity contribution is -0.161. The zero-order valence-corrected chi connectivity index (χ0v) is 34.9. The van der Waals surface area contributed by atoms with Crippen LogP contribution in [0.25, 0.3) is 0 Å². The van der Waals surface area contributed by atoms with Crippen LogP contribution in [0.4, 0.5) is 0 Å². The van der Waals surface area contributed by atoms with E-state index >= 15 is 0 Å². The van der Waals surface area contributed by atoms with E-state index in [2.05, 4.69) is 30.5 Å². The lowest BCUT2D eigenvalue weighted by Crippen LogP contribution is -2.29. The Morgan fingerprint density at radius 1 is 0.547 bits per heavy atom. The lowest BCUT2D eigenvalue weighted by Gasteiger charge is -2.20. The third-order valence-electron chi connectivity index (χ3n) is 9.42. The van der Waals surface area contributed by atoms with Gasteiger partial charge in [-0.3, -0.25) is 18.6 Å². The van der Waals surface area contributed by atoms with Gasteiger partial charge in [-0.2, -0.15) is 0 Å². The molecule has 53 heavy (non-hydrogen) atoms. The van der Waals surface area contributed by atoms with Crippen LogP contribution < -0.4 is 0 Å². The smallest absolute Gasteiger partial charge is 0.462 e. The van der Waals surface area contributed by atoms with Crippen molar-refractivity contribution in [1.82, 2.24) is 0 Å². The minimum absolute atomic E-state index is 0.183. The van der Waals surface area contributed by atoms with E-state index in [1.165, 1.54) is 122 Å². The molecule has 3 N–H and O–H groups in total. The van der Waals surface area contributed by atoms with Gasteiger partial charge >= 0.3 is 19.8 Å². The fraction of sp³-hybridized carbons (Fsp3) is 0.905. The van der Waals surface area contributed by atoms with Crippen LogP contribution in [-0.4, -0.2) is 65.7 Å². The number of phosphoric acid groups is 1. The highest BCUT2D eigenvalue weighted by Gasteiger charge is 2.27. The standard InChI is InChI=1S/C42H81O10P/c1-3-5-7-9-11-13-15-17-19-21-23-25-27-29-31-33-41(45)49-37-40(38-51-53(47,48)50-36-39(44)35-43)52-42(46)34-32-30-28-26-24-22-20-18-16-14-12-10-8-6-4-2/h14,16,39-40,43-44H,3-13,15,17-38H2,1-2H3,(H,47,48). The molecule has 0 bridgehead atoms. The van der Waals surface area contributed by atoms with Crippen molar-refractivity contribution in [3.8, 4) is 0 Å². The first kappa shape index (κ1) is 51.7. The number of esters is 2. The van der Waals surface area contributed by atoms with Gasteiger partial charge in [0.15, 0.2) is 6.10 Å². The second kappa shape index (κ2) is 39.0. The fourth-order valence-electron chi connectivity index (χ4n) is 6.05. The molecule has 0 aliphatic rings. The molecule has 0 amide bonds. The number of carbonyl (C=O) groups excluding carboxylic acids is 2. The summed E-state index contributed by atoms with van der Waals surface area (Å²) in [4.78, 5) is 35.0. The van der Waals surface area contributed by atoms with Crippen LogP contribution in [0, 0.1) is 0 Å². The van der Waals surface area contributed by atoms with E-state index in [0.717, 1.165) is 44.9 Å². The summed E-state index contributed by atoms with van der Waals surface area (Å²) in [6.07, 6.45) is 36.0. The molecule has 11 heteroatoms. The molecule has 0 radical (unpaired) electrons. The Morgan fingerprint density at radius 2 is 0.925 bits per heavy atom. The van der Waals surface area contributed by atoms with Crippen molar-refractivity contribution in [3.63, 3.8) is 0 Å². The number of hydrogen-bond donors (Lipinski definition) is 3. The maximum Gasteiger partial charge on any atom is 0.472 e. The number of allylic oxidation sites excluding steroid dienone is 2. The Labute approximate surface area is 324 Å². The topological polar surface area (TPSA) is 149 Å². The normalized spacial score (nSPS) is 14.0. The SMILES string of the molecule is CCCCCCC=CCCCCCCCCCC(=O)OC(COC(=O)CCCCCCCCCCCCCCCCC)COP(=O)(O)OCC(O)CO. The van der Waals surface area contributed by atoms with Gasteiger partial charge < -0.3 is 24.6 Å². The summed E-state index contributed by atoms with van der Waals surface area (Å²) in [6, 6.07) is 0. The first-order valence-electron chi connectivity index (χ1n) is 21.6. The van der Waals surface area contributed by atoms with Crippen molar-refractivity contribution in [2.45, 2.75) is 219 Å². The second-order valence-corrected chi connectivity index (χ2v) is 16.2. The first-order chi connectivity index (χ1) is 25.7. The quantitative estimate of drug-likeness (QED) is 0.0237. The Balaban J connectivity index is 4.27. The number of rotatable bonds is 41. The van der Waals surface area contributed by atoms with Crippen molar-refractivity contribution >= 4 is 19.8 Å². The largest absolute Gasteiger partial charge is 0.472 e. The first-order valence-corrected chi connectivity index (χ1v) is 23.1. The number of phosphoric ester groups is 1. The Kier molecular flexibility index (Phi) is 38.0. The number of aliphatic hydroxyl groups excluding tert-OH is 2. The summed E-state index contributed by atoms with van der Waals surface area (Å²) in [6.45, 7) is 2.39. The molecule has 0 aromatic carbocycles. The highest BCUT2D eigenvalue weighted by Crippen LogP contribution is 2.43. The zero-order chi connectivity index (χ0) is 39.1. The maximum atomic E-state index is 12.6. The van der Waals surface area contributed by atoms with Crippen molar-refractivity contribution in [2.75, 3.05) is 26.4 Å². The van der Waals surface area contributed by atoms with Crippen LogP contribution >= 0.6 is 7.82 Å². The van der Waals surface area contributed by atoms with Crippen LogP contribution in [0.5, 0.6) is 0 Å². The minimum atomic E-state index is -4.61. The number of unbranched alkanes of at least 4 members (excludes halogenated alkanes) is 25. The molecule has 314 valence electrons. The number of hydrogen-bond acceptors (Lipinski definition) is 9. The van der Waals surface area contributed by atoms with Gasteiger partial charge in [0.1, 0.15) is 12.7 Å². The molecular formula is C42H81O10P. The molecule has 3 atom stereocenters. The molecule has 10 nitrogen and oxygen atoms in total. The van der Waals surface area contributed by atoms with Crippen LogP contribution in [0.15, 0.2) is 12.2 Å². The lowest BCUT2D eigenvalue weighted by atomic mass is 10.0. The van der Waals surface area contributed by atoms with Crippen LogP contribution in [0.2, 0.25) is 0 Å². The zero-order valence-electron chi connectivity index (χ0n) is 34.0. The van der Waals surface area contributed by atoms with E-state index in [1.807, 2.05) is 0 Å². The molecule has 0 spiro atoms. The van der Waals surface area contributed by atoms with E-state index in [9.17, 15) is 24.2 Å². The summed E-state index contributed by atoms with van der Waals surface area (Å²) in [5.41, 5.74) is 0. The van der Waals surface area contributed by atoms with Gasteiger partial charge in [-0.15, -0.1) is 0 Å². The van der Waals surface area contributed by atoms with Crippen LogP contribution in [-0.2, 0) is 32.7 Å². The van der Waals surface area contributed by atoms with E-state index < -0.39 is 51.8 Å². The molecule has 3 unspecified atom stereocenters. The number of aliphatic hydroxyl groups is 2. The molecule has 0 saturated carbocycles. The van der Waals surface area contributed by atoms with E-state index in [4.69, 9.17) is 19.1 Å². The molecule has 0 fully saturated rings. The predicted molar refractivity (Wildman–Crippen MR) is 215 cm³/mol. The average molecular weight is 777 g/mol.